The average Bonchev–Trinajstić information content (AvgIpc) is 3.44. The van der Waals surface area contributed by atoms with Gasteiger partial charge in [0, 0.05) is 36.0 Å². The van der Waals surface area contributed by atoms with Crippen LogP contribution in [0.3, 0.4) is 0 Å². The smallest absolute Gasteiger partial charge is 0.258 e. The van der Waals surface area contributed by atoms with Crippen molar-refractivity contribution in [3.05, 3.63) is 101 Å². The Morgan fingerprint density at radius 2 is 1.83 bits per heavy atom. The fourth-order valence-corrected chi connectivity index (χ4v) is 3.90. The monoisotopic (exact) mass is 466 g/mol. The molecule has 9 nitrogen and oxygen atoms in total. The number of carbonyl (C=O) groups is 2. The first-order chi connectivity index (χ1) is 17.1. The van der Waals surface area contributed by atoms with Crippen molar-refractivity contribution in [1.29, 1.82) is 0 Å². The molecular weight excluding hydrogens is 444 g/mol. The highest BCUT2D eigenvalue weighted by molar-refractivity contribution is 6.10. The van der Waals surface area contributed by atoms with Gasteiger partial charge in [-0.25, -0.2) is 0 Å². The predicted molar refractivity (Wildman–Crippen MR) is 129 cm³/mol. The number of aromatic nitrogens is 4. The molecule has 1 aliphatic rings. The quantitative estimate of drug-likeness (QED) is 0.419. The van der Waals surface area contributed by atoms with Crippen LogP contribution in [0.5, 0.6) is 5.75 Å². The van der Waals surface area contributed by atoms with Gasteiger partial charge in [-0.2, -0.15) is 5.21 Å². The van der Waals surface area contributed by atoms with E-state index in [-0.39, 0.29) is 0 Å². The van der Waals surface area contributed by atoms with E-state index in [0.29, 0.717) is 35.8 Å². The Hall–Kier alpha value is -4.79. The highest BCUT2D eigenvalue weighted by atomic mass is 16.5. The maximum absolute atomic E-state index is 12.8. The molecule has 0 unspecified atom stereocenters. The summed E-state index contributed by atoms with van der Waals surface area (Å²) in [4.78, 5) is 27.4. The van der Waals surface area contributed by atoms with Crippen molar-refractivity contribution in [3.63, 3.8) is 0 Å². The second kappa shape index (κ2) is 9.60. The van der Waals surface area contributed by atoms with E-state index in [0.717, 1.165) is 22.3 Å². The first kappa shape index (κ1) is 22.0. The van der Waals surface area contributed by atoms with Gasteiger partial charge >= 0.3 is 0 Å². The number of nitrogens with one attached hydrogen (secondary N) is 2. The summed E-state index contributed by atoms with van der Waals surface area (Å²) in [6.45, 7) is 1.34. The number of amides is 2. The number of hydrogen-bond acceptors (Lipinski definition) is 7. The average molecular weight is 467 g/mol. The zero-order chi connectivity index (χ0) is 24.2. The summed E-state index contributed by atoms with van der Waals surface area (Å²) in [5, 5.41) is 16.5. The van der Waals surface area contributed by atoms with Gasteiger partial charge in [0.1, 0.15) is 5.75 Å². The lowest BCUT2D eigenvalue weighted by atomic mass is 10.00. The minimum absolute atomic E-state index is 0.357. The Balaban J connectivity index is 1.25. The molecule has 5 rings (SSSR count). The minimum Gasteiger partial charge on any atom is -0.497 e. The van der Waals surface area contributed by atoms with Gasteiger partial charge in [-0.15, -0.1) is 10.2 Å². The van der Waals surface area contributed by atoms with Crippen LogP contribution in [-0.2, 0) is 13.1 Å². The Kier molecular flexibility index (Phi) is 6.04. The number of rotatable bonds is 6. The molecule has 3 aromatic carbocycles. The Labute approximate surface area is 201 Å². The van der Waals surface area contributed by atoms with Crippen molar-refractivity contribution in [2.45, 2.75) is 13.1 Å². The number of tetrazole rings is 1. The lowest BCUT2D eigenvalue weighted by Gasteiger charge is -2.26. The molecule has 0 spiro atoms. The molecule has 0 saturated carbocycles. The normalized spacial score (nSPS) is 12.2. The number of hydrogen-bond donors (Lipinski definition) is 2. The molecular formula is C26H22N6O3. The number of ether oxygens (including phenoxy) is 1. The summed E-state index contributed by atoms with van der Waals surface area (Å²) in [7, 11) is 1.53. The molecule has 0 bridgehead atoms. The number of fused-ring (bicyclic) bond motifs is 1. The predicted octanol–water partition coefficient (Wildman–Crippen LogP) is 3.43. The molecule has 1 aliphatic heterocycles. The zero-order valence-corrected chi connectivity index (χ0v) is 18.9. The number of carbonyl (C=O) groups excluding carboxylic acids is 2. The zero-order valence-electron chi connectivity index (χ0n) is 18.9. The van der Waals surface area contributed by atoms with E-state index < -0.39 is 11.8 Å². The summed E-state index contributed by atoms with van der Waals surface area (Å²) in [5.74, 6) is 0.186. The van der Waals surface area contributed by atoms with E-state index in [1.807, 2.05) is 48.7 Å². The molecule has 4 aromatic rings. The van der Waals surface area contributed by atoms with Crippen LogP contribution < -0.4 is 10.1 Å². The standard InChI is InChI=1S/C26H22N6O3/c1-35-23-4-2-3-20(14-23)25(33)27-26(34)21-10-9-18-11-12-32(16-22(18)13-21)15-17-5-7-19(8-6-17)24-28-30-31-29-24/h2-14H,15-16H2,1H3,(H,27,33,34)(H,28,29,30,31). The molecule has 9 heteroatoms. The van der Waals surface area contributed by atoms with Gasteiger partial charge in [0.15, 0.2) is 0 Å². The van der Waals surface area contributed by atoms with Crippen LogP contribution in [0.25, 0.3) is 17.5 Å². The summed E-state index contributed by atoms with van der Waals surface area (Å²) in [6, 6.07) is 20.1. The van der Waals surface area contributed by atoms with E-state index in [4.69, 9.17) is 4.74 Å². The van der Waals surface area contributed by atoms with Crippen LogP contribution in [0.15, 0.2) is 72.9 Å². The molecule has 2 amide bonds. The molecule has 0 saturated heterocycles. The maximum Gasteiger partial charge on any atom is 0.258 e. The van der Waals surface area contributed by atoms with Crippen LogP contribution >= 0.6 is 0 Å². The molecule has 0 fully saturated rings. The van der Waals surface area contributed by atoms with E-state index in [9.17, 15) is 9.59 Å². The van der Waals surface area contributed by atoms with Gasteiger partial charge in [0.25, 0.3) is 11.8 Å². The van der Waals surface area contributed by atoms with Crippen molar-refractivity contribution in [2.24, 2.45) is 0 Å². The molecule has 0 atom stereocenters. The second-order valence-corrected chi connectivity index (χ2v) is 8.08. The van der Waals surface area contributed by atoms with Crippen molar-refractivity contribution < 1.29 is 14.3 Å². The molecule has 174 valence electrons. The lowest BCUT2D eigenvalue weighted by molar-refractivity contribution is 0.0849. The molecule has 0 aliphatic carbocycles. The summed E-state index contributed by atoms with van der Waals surface area (Å²) < 4.78 is 5.15. The highest BCUT2D eigenvalue weighted by Crippen LogP contribution is 2.23. The Morgan fingerprint density at radius 3 is 2.57 bits per heavy atom. The molecule has 35 heavy (non-hydrogen) atoms. The van der Waals surface area contributed by atoms with Crippen molar-refractivity contribution in [1.82, 2.24) is 30.8 Å². The lowest BCUT2D eigenvalue weighted by Crippen LogP contribution is -2.30. The van der Waals surface area contributed by atoms with Crippen molar-refractivity contribution in [2.75, 3.05) is 7.11 Å². The van der Waals surface area contributed by atoms with Crippen LogP contribution in [0, 0.1) is 0 Å². The second-order valence-electron chi connectivity index (χ2n) is 8.08. The van der Waals surface area contributed by atoms with Gasteiger partial charge in [-0.3, -0.25) is 14.9 Å². The molecule has 1 aromatic heterocycles. The van der Waals surface area contributed by atoms with E-state index >= 15 is 0 Å². The largest absolute Gasteiger partial charge is 0.497 e. The first-order valence-corrected chi connectivity index (χ1v) is 11.0. The van der Waals surface area contributed by atoms with Crippen LogP contribution in [0.4, 0.5) is 0 Å². The van der Waals surface area contributed by atoms with Crippen molar-refractivity contribution in [3.8, 4) is 17.1 Å². The third-order valence-corrected chi connectivity index (χ3v) is 5.75. The number of H-pyrrole nitrogens is 1. The van der Waals surface area contributed by atoms with Gasteiger partial charge in [0.05, 0.1) is 7.11 Å². The van der Waals surface area contributed by atoms with Crippen LogP contribution in [-0.4, -0.2) is 44.4 Å². The fraction of sp³-hybridized carbons (Fsp3) is 0.115. The van der Waals surface area contributed by atoms with Gasteiger partial charge in [0.2, 0.25) is 5.82 Å². The number of benzene rings is 3. The number of aromatic amines is 1. The third-order valence-electron chi connectivity index (χ3n) is 5.75. The SMILES string of the molecule is COc1cccc(C(=O)NC(=O)c2ccc3c(c2)CN(Cc2ccc(-c4nn[nH]n4)cc2)C=C3)c1. The molecule has 0 radical (unpaired) electrons. The van der Waals surface area contributed by atoms with E-state index in [1.54, 1.807) is 30.3 Å². The Bertz CT molecular complexity index is 1400. The number of imide groups is 1. The van der Waals surface area contributed by atoms with Gasteiger partial charge in [-0.1, -0.05) is 36.4 Å². The Morgan fingerprint density at radius 1 is 1.03 bits per heavy atom. The number of methoxy groups -OCH3 is 1. The summed E-state index contributed by atoms with van der Waals surface area (Å²) >= 11 is 0. The molecule has 2 N–H and O–H groups in total. The topological polar surface area (TPSA) is 113 Å². The molecule has 2 heterocycles. The fourth-order valence-electron chi connectivity index (χ4n) is 3.90. The van der Waals surface area contributed by atoms with Gasteiger partial charge in [-0.05, 0) is 58.3 Å². The maximum atomic E-state index is 12.8. The number of nitrogens with zero attached hydrogens (tertiary/aromatic N) is 4. The summed E-state index contributed by atoms with van der Waals surface area (Å²) in [5.41, 5.74) is 4.86. The van der Waals surface area contributed by atoms with Gasteiger partial charge < -0.3 is 9.64 Å². The summed E-state index contributed by atoms with van der Waals surface area (Å²) in [6.07, 6.45) is 4.07. The van der Waals surface area contributed by atoms with Crippen molar-refractivity contribution >= 4 is 17.9 Å². The van der Waals surface area contributed by atoms with Crippen LogP contribution in [0.2, 0.25) is 0 Å². The highest BCUT2D eigenvalue weighted by Gasteiger charge is 2.17. The van der Waals surface area contributed by atoms with E-state index in [2.05, 4.69) is 30.8 Å². The van der Waals surface area contributed by atoms with E-state index in [1.165, 1.54) is 7.11 Å². The third kappa shape index (κ3) is 4.93. The minimum atomic E-state index is -0.475. The first-order valence-electron chi connectivity index (χ1n) is 11.0. The van der Waals surface area contributed by atoms with Crippen LogP contribution in [0.1, 0.15) is 37.4 Å².